The van der Waals surface area contributed by atoms with Crippen LogP contribution in [0.25, 0.3) is 0 Å². The molecule has 1 aliphatic carbocycles. The number of carbonyl (C=O) groups excluding carboxylic acids is 1. The maximum Gasteiger partial charge on any atom is 0.220 e. The van der Waals surface area contributed by atoms with E-state index in [0.717, 1.165) is 25.7 Å². The van der Waals surface area contributed by atoms with Gasteiger partial charge in [-0.2, -0.15) is 0 Å². The molecule has 0 spiro atoms. The Morgan fingerprint density at radius 1 is 1.26 bits per heavy atom. The number of hydrogen-bond donors (Lipinski definition) is 4. The summed E-state index contributed by atoms with van der Waals surface area (Å²) >= 11 is 0. The van der Waals surface area contributed by atoms with Crippen LogP contribution in [0.5, 0.6) is 11.5 Å². The van der Waals surface area contributed by atoms with Crippen LogP contribution in [0.1, 0.15) is 31.2 Å². The summed E-state index contributed by atoms with van der Waals surface area (Å²) in [7, 11) is 0. The van der Waals surface area contributed by atoms with Gasteiger partial charge in [0.15, 0.2) is 11.5 Å². The first-order valence-electron chi connectivity index (χ1n) is 6.60. The van der Waals surface area contributed by atoms with Gasteiger partial charge in [0.25, 0.3) is 0 Å². The van der Waals surface area contributed by atoms with Gasteiger partial charge < -0.3 is 21.3 Å². The Morgan fingerprint density at radius 2 is 1.95 bits per heavy atom. The summed E-state index contributed by atoms with van der Waals surface area (Å²) in [6.45, 7) is 0.506. The molecular formula is C14H20N2O3. The molecular weight excluding hydrogens is 244 g/mol. The number of rotatable bonds is 4. The monoisotopic (exact) mass is 264 g/mol. The Bertz CT molecular complexity index is 454. The third-order valence-electron chi connectivity index (χ3n) is 3.81. The van der Waals surface area contributed by atoms with Gasteiger partial charge in [-0.05, 0) is 31.7 Å². The maximum atomic E-state index is 11.1. The highest BCUT2D eigenvalue weighted by Crippen LogP contribution is 2.29. The van der Waals surface area contributed by atoms with E-state index in [4.69, 9.17) is 5.73 Å². The van der Waals surface area contributed by atoms with Crippen LogP contribution >= 0.6 is 0 Å². The third kappa shape index (κ3) is 3.38. The van der Waals surface area contributed by atoms with Crippen molar-refractivity contribution < 1.29 is 15.0 Å². The second-order valence-corrected chi connectivity index (χ2v) is 5.12. The number of para-hydroxylation sites is 1. The molecule has 0 bridgehead atoms. The number of nitrogens with one attached hydrogen (secondary N) is 1. The molecule has 0 saturated heterocycles. The lowest BCUT2D eigenvalue weighted by Gasteiger charge is -2.27. The lowest BCUT2D eigenvalue weighted by molar-refractivity contribution is -0.122. The molecule has 1 aromatic carbocycles. The number of phenolic OH excluding ortho intramolecular Hbond substituents is 2. The number of phenols is 2. The quantitative estimate of drug-likeness (QED) is 0.615. The van der Waals surface area contributed by atoms with Crippen LogP contribution < -0.4 is 11.1 Å². The number of aromatic hydroxyl groups is 2. The Kier molecular flexibility index (Phi) is 4.27. The molecule has 5 heteroatoms. The Hall–Kier alpha value is -1.75. The Balaban J connectivity index is 1.84. The second kappa shape index (κ2) is 5.93. The molecule has 2 rings (SSSR count). The van der Waals surface area contributed by atoms with Crippen LogP contribution in [0, 0.1) is 5.92 Å². The van der Waals surface area contributed by atoms with Gasteiger partial charge in [0.2, 0.25) is 5.91 Å². The van der Waals surface area contributed by atoms with E-state index in [1.54, 1.807) is 12.1 Å². The van der Waals surface area contributed by atoms with E-state index < -0.39 is 0 Å². The number of amides is 1. The summed E-state index contributed by atoms with van der Waals surface area (Å²) in [5, 5.41) is 22.4. The van der Waals surface area contributed by atoms with Crippen LogP contribution in [0.15, 0.2) is 18.2 Å². The first-order chi connectivity index (χ1) is 9.08. The average Bonchev–Trinajstić information content (AvgIpc) is 2.41. The molecule has 5 N–H and O–H groups in total. The van der Waals surface area contributed by atoms with Gasteiger partial charge in [0, 0.05) is 24.1 Å². The summed E-state index contributed by atoms with van der Waals surface area (Å²) in [5.41, 5.74) is 5.97. The zero-order valence-corrected chi connectivity index (χ0v) is 10.8. The van der Waals surface area contributed by atoms with E-state index in [-0.39, 0.29) is 23.3 Å². The van der Waals surface area contributed by atoms with Crippen molar-refractivity contribution in [2.75, 3.05) is 0 Å². The molecule has 0 heterocycles. The number of hydrogen-bond acceptors (Lipinski definition) is 4. The molecule has 1 amide bonds. The van der Waals surface area contributed by atoms with Crippen LogP contribution in [0.2, 0.25) is 0 Å². The summed E-state index contributed by atoms with van der Waals surface area (Å²) < 4.78 is 0. The van der Waals surface area contributed by atoms with Gasteiger partial charge in [-0.15, -0.1) is 0 Å². The van der Waals surface area contributed by atoms with Gasteiger partial charge in [-0.1, -0.05) is 12.1 Å². The van der Waals surface area contributed by atoms with Crippen molar-refractivity contribution >= 4 is 5.91 Å². The zero-order chi connectivity index (χ0) is 13.8. The molecule has 104 valence electrons. The topological polar surface area (TPSA) is 95.6 Å². The largest absolute Gasteiger partial charge is 0.504 e. The minimum Gasteiger partial charge on any atom is -0.504 e. The highest BCUT2D eigenvalue weighted by molar-refractivity contribution is 5.76. The normalized spacial score (nSPS) is 23.2. The van der Waals surface area contributed by atoms with Crippen LogP contribution in [-0.4, -0.2) is 22.2 Å². The highest BCUT2D eigenvalue weighted by Gasteiger charge is 2.24. The molecule has 1 saturated carbocycles. The standard InChI is InChI=1S/C14H20N2O3/c15-14(19)9-4-6-11(7-5-9)16-8-10-2-1-3-12(17)13(10)18/h1-3,9,11,16-18H,4-8H2,(H2,15,19). The minimum atomic E-state index is -0.205. The maximum absolute atomic E-state index is 11.1. The van der Waals surface area contributed by atoms with Crippen LogP contribution in [0.4, 0.5) is 0 Å². The zero-order valence-electron chi connectivity index (χ0n) is 10.8. The van der Waals surface area contributed by atoms with Crippen molar-refractivity contribution in [1.29, 1.82) is 0 Å². The van der Waals surface area contributed by atoms with Crippen molar-refractivity contribution in [3.63, 3.8) is 0 Å². The van der Waals surface area contributed by atoms with Crippen molar-refractivity contribution in [3.8, 4) is 11.5 Å². The second-order valence-electron chi connectivity index (χ2n) is 5.12. The van der Waals surface area contributed by atoms with Crippen molar-refractivity contribution in [2.24, 2.45) is 11.7 Å². The molecule has 0 atom stereocenters. The van der Waals surface area contributed by atoms with Crippen molar-refractivity contribution in [2.45, 2.75) is 38.3 Å². The molecule has 5 nitrogen and oxygen atoms in total. The van der Waals surface area contributed by atoms with E-state index in [1.807, 2.05) is 0 Å². The van der Waals surface area contributed by atoms with E-state index >= 15 is 0 Å². The highest BCUT2D eigenvalue weighted by atomic mass is 16.3. The Labute approximate surface area is 112 Å². The van der Waals surface area contributed by atoms with Gasteiger partial charge >= 0.3 is 0 Å². The lowest BCUT2D eigenvalue weighted by Crippen LogP contribution is -2.36. The summed E-state index contributed by atoms with van der Waals surface area (Å²) in [4.78, 5) is 11.1. The number of primary amides is 1. The van der Waals surface area contributed by atoms with Crippen LogP contribution in [0.3, 0.4) is 0 Å². The van der Waals surface area contributed by atoms with Gasteiger partial charge in [0.1, 0.15) is 0 Å². The number of benzene rings is 1. The molecule has 0 radical (unpaired) electrons. The van der Waals surface area contributed by atoms with Crippen molar-refractivity contribution in [3.05, 3.63) is 23.8 Å². The first-order valence-corrected chi connectivity index (χ1v) is 6.60. The molecule has 0 aliphatic heterocycles. The predicted octanol–water partition coefficient (Wildman–Crippen LogP) is 1.23. The number of nitrogens with two attached hydrogens (primary N) is 1. The van der Waals surface area contributed by atoms with E-state index in [9.17, 15) is 15.0 Å². The fourth-order valence-electron chi connectivity index (χ4n) is 2.56. The van der Waals surface area contributed by atoms with E-state index in [1.165, 1.54) is 6.07 Å². The summed E-state index contributed by atoms with van der Waals surface area (Å²) in [6.07, 6.45) is 3.46. The van der Waals surface area contributed by atoms with E-state index in [0.29, 0.717) is 18.2 Å². The molecule has 1 aromatic rings. The third-order valence-corrected chi connectivity index (χ3v) is 3.81. The van der Waals surface area contributed by atoms with Crippen LogP contribution in [-0.2, 0) is 11.3 Å². The molecule has 1 fully saturated rings. The average molecular weight is 264 g/mol. The molecule has 19 heavy (non-hydrogen) atoms. The smallest absolute Gasteiger partial charge is 0.220 e. The molecule has 0 unspecified atom stereocenters. The molecule has 0 aromatic heterocycles. The first kappa shape index (κ1) is 13.7. The molecule has 1 aliphatic rings. The summed E-state index contributed by atoms with van der Waals surface area (Å²) in [5.74, 6) is -0.367. The lowest BCUT2D eigenvalue weighted by atomic mass is 9.85. The summed E-state index contributed by atoms with van der Waals surface area (Å²) in [6, 6.07) is 5.27. The van der Waals surface area contributed by atoms with E-state index in [2.05, 4.69) is 5.32 Å². The van der Waals surface area contributed by atoms with Crippen molar-refractivity contribution in [1.82, 2.24) is 5.32 Å². The van der Waals surface area contributed by atoms with Gasteiger partial charge in [0.05, 0.1) is 0 Å². The predicted molar refractivity (Wildman–Crippen MR) is 71.6 cm³/mol. The SMILES string of the molecule is NC(=O)C1CCC(NCc2cccc(O)c2O)CC1. The fraction of sp³-hybridized carbons (Fsp3) is 0.500. The number of carbonyl (C=O) groups is 1. The minimum absolute atomic E-state index is 0.00669. The van der Waals surface area contributed by atoms with Gasteiger partial charge in [-0.25, -0.2) is 0 Å². The van der Waals surface area contributed by atoms with Gasteiger partial charge in [-0.3, -0.25) is 4.79 Å². The fourth-order valence-corrected chi connectivity index (χ4v) is 2.56. The Morgan fingerprint density at radius 3 is 2.58 bits per heavy atom.